The lowest BCUT2D eigenvalue weighted by Crippen LogP contribution is -2.59. The van der Waals surface area contributed by atoms with Gasteiger partial charge >= 0.3 is 0 Å². The zero-order chi connectivity index (χ0) is 10.0. The minimum atomic E-state index is 0.466. The molecule has 1 spiro atoms. The summed E-state index contributed by atoms with van der Waals surface area (Å²) in [6, 6.07) is 0. The summed E-state index contributed by atoms with van der Waals surface area (Å²) in [4.78, 5) is 2.56. The van der Waals surface area contributed by atoms with Crippen LogP contribution in [0.3, 0.4) is 0 Å². The van der Waals surface area contributed by atoms with Gasteiger partial charge in [-0.3, -0.25) is 4.90 Å². The van der Waals surface area contributed by atoms with Crippen LogP contribution in [0.2, 0.25) is 0 Å². The molecule has 1 heterocycles. The Morgan fingerprint density at radius 1 is 1.43 bits per heavy atom. The molecule has 1 N–H and O–H groups in total. The second-order valence-corrected chi connectivity index (χ2v) is 5.08. The zero-order valence-electron chi connectivity index (χ0n) is 9.31. The lowest BCUT2D eigenvalue weighted by molar-refractivity contribution is 0.144. The van der Waals surface area contributed by atoms with Crippen LogP contribution in [0.1, 0.15) is 32.6 Å². The molecule has 2 nitrogen and oxygen atoms in total. The third kappa shape index (κ3) is 2.18. The quantitative estimate of drug-likeness (QED) is 0.674. The molecule has 0 radical (unpaired) electrons. The molecule has 2 rings (SSSR count). The van der Waals surface area contributed by atoms with Gasteiger partial charge in [-0.2, -0.15) is 0 Å². The monoisotopic (exact) mass is 194 g/mol. The second kappa shape index (κ2) is 4.03. The number of rotatable bonds is 2. The van der Waals surface area contributed by atoms with E-state index in [9.17, 15) is 0 Å². The van der Waals surface area contributed by atoms with E-state index >= 15 is 0 Å². The lowest BCUT2D eigenvalue weighted by Gasteiger charge is -2.41. The minimum Gasteiger partial charge on any atom is -0.309 e. The Labute approximate surface area is 87.4 Å². The van der Waals surface area contributed by atoms with Crippen molar-refractivity contribution < 1.29 is 0 Å². The van der Waals surface area contributed by atoms with E-state index in [2.05, 4.69) is 23.7 Å². The number of nitrogens with one attached hydrogen (secondary N) is 1. The minimum absolute atomic E-state index is 0.466. The largest absolute Gasteiger partial charge is 0.309 e. The number of nitrogens with zero attached hydrogens (tertiary/aromatic N) is 1. The van der Waals surface area contributed by atoms with Gasteiger partial charge in [0.05, 0.1) is 0 Å². The Hall–Kier alpha value is -0.340. The maximum absolute atomic E-state index is 4.00. The molecule has 2 fully saturated rings. The predicted octanol–water partition coefficient (Wildman–Crippen LogP) is 1.78. The molecule has 1 saturated heterocycles. The molecule has 14 heavy (non-hydrogen) atoms. The summed E-state index contributed by atoms with van der Waals surface area (Å²) >= 11 is 0. The van der Waals surface area contributed by atoms with Crippen molar-refractivity contribution in [3.05, 3.63) is 12.2 Å². The molecule has 0 unspecified atom stereocenters. The second-order valence-electron chi connectivity index (χ2n) is 5.08. The maximum atomic E-state index is 4.00. The fraction of sp³-hybridized carbons (Fsp3) is 0.833. The summed E-state index contributed by atoms with van der Waals surface area (Å²) in [7, 11) is 0. The van der Waals surface area contributed by atoms with Crippen LogP contribution in [0, 0.1) is 0 Å². The zero-order valence-corrected chi connectivity index (χ0v) is 9.31. The van der Waals surface area contributed by atoms with Gasteiger partial charge in [-0.25, -0.2) is 0 Å². The maximum Gasteiger partial charge on any atom is 0.0309 e. The van der Waals surface area contributed by atoms with Gasteiger partial charge in [-0.05, 0) is 19.8 Å². The average molecular weight is 194 g/mol. The standard InChI is InChI=1S/C12H22N2/c1-11(2)9-14-8-7-13-12(10-14)5-3-4-6-12/h13H,1,3-10H2,2H3. The molecule has 0 atom stereocenters. The molecule has 0 aromatic heterocycles. The lowest BCUT2D eigenvalue weighted by atomic mass is 9.94. The molecule has 2 heteroatoms. The van der Waals surface area contributed by atoms with Crippen LogP contribution in [-0.2, 0) is 0 Å². The van der Waals surface area contributed by atoms with Crippen LogP contribution in [0.4, 0.5) is 0 Å². The molecular formula is C12H22N2. The highest BCUT2D eigenvalue weighted by molar-refractivity contribution is 5.01. The highest BCUT2D eigenvalue weighted by Crippen LogP contribution is 2.31. The molecule has 0 amide bonds. The summed E-state index contributed by atoms with van der Waals surface area (Å²) in [6.07, 6.45) is 5.57. The van der Waals surface area contributed by atoms with Gasteiger partial charge in [0.1, 0.15) is 0 Å². The molecule has 1 aliphatic carbocycles. The van der Waals surface area contributed by atoms with Crippen LogP contribution >= 0.6 is 0 Å². The number of piperazine rings is 1. The number of hydrogen-bond donors (Lipinski definition) is 1. The molecule has 0 aromatic carbocycles. The molecule has 1 saturated carbocycles. The fourth-order valence-corrected chi connectivity index (χ4v) is 2.95. The summed E-state index contributed by atoms with van der Waals surface area (Å²) < 4.78 is 0. The van der Waals surface area contributed by atoms with Crippen LogP contribution in [0.25, 0.3) is 0 Å². The Kier molecular flexibility index (Phi) is 2.93. The van der Waals surface area contributed by atoms with Crippen molar-refractivity contribution in [3.8, 4) is 0 Å². The van der Waals surface area contributed by atoms with E-state index in [1.54, 1.807) is 0 Å². The van der Waals surface area contributed by atoms with E-state index in [0.717, 1.165) is 13.1 Å². The highest BCUT2D eigenvalue weighted by Gasteiger charge is 2.37. The summed E-state index contributed by atoms with van der Waals surface area (Å²) in [5.41, 5.74) is 1.76. The van der Waals surface area contributed by atoms with Crippen molar-refractivity contribution in [3.63, 3.8) is 0 Å². The van der Waals surface area contributed by atoms with E-state index in [4.69, 9.17) is 0 Å². The van der Waals surface area contributed by atoms with Gasteiger partial charge in [-0.1, -0.05) is 25.0 Å². The third-order valence-electron chi connectivity index (χ3n) is 3.51. The first-order valence-electron chi connectivity index (χ1n) is 5.82. The van der Waals surface area contributed by atoms with E-state index < -0.39 is 0 Å². The van der Waals surface area contributed by atoms with Crippen LogP contribution in [-0.4, -0.2) is 36.6 Å². The van der Waals surface area contributed by atoms with Crippen molar-refractivity contribution >= 4 is 0 Å². The van der Waals surface area contributed by atoms with Crippen molar-refractivity contribution in [1.29, 1.82) is 0 Å². The van der Waals surface area contributed by atoms with E-state index in [1.807, 2.05) is 0 Å². The van der Waals surface area contributed by atoms with E-state index in [-0.39, 0.29) is 0 Å². The van der Waals surface area contributed by atoms with Gasteiger partial charge in [0.2, 0.25) is 0 Å². The van der Waals surface area contributed by atoms with Gasteiger partial charge in [0.25, 0.3) is 0 Å². The predicted molar refractivity (Wildman–Crippen MR) is 60.5 cm³/mol. The van der Waals surface area contributed by atoms with Gasteiger partial charge in [0.15, 0.2) is 0 Å². The topological polar surface area (TPSA) is 15.3 Å². The molecule has 0 bridgehead atoms. The molecule has 80 valence electrons. The van der Waals surface area contributed by atoms with E-state index in [1.165, 1.54) is 44.3 Å². The Bertz CT molecular complexity index is 216. The van der Waals surface area contributed by atoms with Gasteiger partial charge in [-0.15, -0.1) is 0 Å². The Balaban J connectivity index is 1.93. The summed E-state index contributed by atoms with van der Waals surface area (Å²) in [5, 5.41) is 3.73. The smallest absolute Gasteiger partial charge is 0.0309 e. The van der Waals surface area contributed by atoms with E-state index in [0.29, 0.717) is 5.54 Å². The van der Waals surface area contributed by atoms with Crippen LogP contribution in [0.15, 0.2) is 12.2 Å². The summed E-state index contributed by atoms with van der Waals surface area (Å²) in [5.74, 6) is 0. The highest BCUT2D eigenvalue weighted by atomic mass is 15.2. The van der Waals surface area contributed by atoms with Gasteiger partial charge in [0, 0.05) is 31.7 Å². The van der Waals surface area contributed by atoms with Crippen molar-refractivity contribution in [2.45, 2.75) is 38.1 Å². The first-order valence-corrected chi connectivity index (χ1v) is 5.82. The SMILES string of the molecule is C=C(C)CN1CCNC2(CCCC2)C1. The van der Waals surface area contributed by atoms with Crippen molar-refractivity contribution in [2.75, 3.05) is 26.2 Å². The third-order valence-corrected chi connectivity index (χ3v) is 3.51. The normalized spacial score (nSPS) is 26.9. The van der Waals surface area contributed by atoms with Crippen molar-refractivity contribution in [2.24, 2.45) is 0 Å². The first kappa shape index (κ1) is 10.2. The van der Waals surface area contributed by atoms with Gasteiger partial charge < -0.3 is 5.32 Å². The van der Waals surface area contributed by atoms with Crippen molar-refractivity contribution in [1.82, 2.24) is 10.2 Å². The molecule has 0 aromatic rings. The Morgan fingerprint density at radius 2 is 2.14 bits per heavy atom. The van der Waals surface area contributed by atoms with Crippen LogP contribution < -0.4 is 5.32 Å². The van der Waals surface area contributed by atoms with Crippen LogP contribution in [0.5, 0.6) is 0 Å². The Morgan fingerprint density at radius 3 is 2.79 bits per heavy atom. The first-order chi connectivity index (χ1) is 6.70. The average Bonchev–Trinajstić information content (AvgIpc) is 2.52. The molecule has 1 aliphatic heterocycles. The number of hydrogen-bond acceptors (Lipinski definition) is 2. The summed E-state index contributed by atoms with van der Waals surface area (Å²) in [6.45, 7) is 10.8. The molecule has 2 aliphatic rings. The molecular weight excluding hydrogens is 172 g/mol. The fourth-order valence-electron chi connectivity index (χ4n) is 2.95.